The maximum Gasteiger partial charge on any atom is 0.252 e. The highest BCUT2D eigenvalue weighted by Gasteiger charge is 2.45. The van der Waals surface area contributed by atoms with Crippen molar-refractivity contribution in [1.29, 1.82) is 5.26 Å². The monoisotopic (exact) mass is 673 g/mol. The van der Waals surface area contributed by atoms with Gasteiger partial charge in [0.25, 0.3) is 6.71 Å². The van der Waals surface area contributed by atoms with Crippen LogP contribution < -0.4 is 26.2 Å². The lowest BCUT2D eigenvalue weighted by Gasteiger charge is -2.45. The molecule has 246 valence electrons. The molecular formula is C49H32BN3. The minimum Gasteiger partial charge on any atom is -0.311 e. The van der Waals surface area contributed by atoms with Crippen LogP contribution in [0, 0.1) is 11.3 Å². The van der Waals surface area contributed by atoms with E-state index in [2.05, 4.69) is 210 Å². The van der Waals surface area contributed by atoms with E-state index < -0.39 is 0 Å². The van der Waals surface area contributed by atoms with Crippen LogP contribution in [0.4, 0.5) is 34.1 Å². The quantitative estimate of drug-likeness (QED) is 0.170. The van der Waals surface area contributed by atoms with Crippen molar-refractivity contribution in [1.82, 2.24) is 0 Å². The zero-order valence-electron chi connectivity index (χ0n) is 28.9. The van der Waals surface area contributed by atoms with Crippen LogP contribution in [0.3, 0.4) is 0 Å². The van der Waals surface area contributed by atoms with Gasteiger partial charge in [0.05, 0.1) is 16.9 Å². The number of anilines is 6. The van der Waals surface area contributed by atoms with E-state index in [0.717, 1.165) is 67.4 Å². The molecule has 0 fully saturated rings. The van der Waals surface area contributed by atoms with Gasteiger partial charge in [-0.05, 0) is 86.7 Å². The second-order valence-electron chi connectivity index (χ2n) is 13.6. The van der Waals surface area contributed by atoms with Crippen LogP contribution in [0.15, 0.2) is 194 Å². The van der Waals surface area contributed by atoms with Crippen LogP contribution in [0.5, 0.6) is 0 Å². The molecule has 8 aromatic rings. The van der Waals surface area contributed by atoms with Crippen LogP contribution in [0.25, 0.3) is 33.4 Å². The summed E-state index contributed by atoms with van der Waals surface area (Å²) in [5, 5.41) is 11.1. The predicted molar refractivity (Wildman–Crippen MR) is 221 cm³/mol. The Balaban J connectivity index is 1.36. The molecule has 8 aromatic carbocycles. The Morgan fingerprint density at radius 1 is 0.396 bits per heavy atom. The van der Waals surface area contributed by atoms with Crippen molar-refractivity contribution in [2.45, 2.75) is 0 Å². The minimum atomic E-state index is -0.129. The topological polar surface area (TPSA) is 30.3 Å². The number of hydrogen-bond acceptors (Lipinski definition) is 3. The second-order valence-corrected chi connectivity index (χ2v) is 13.6. The van der Waals surface area contributed by atoms with Crippen LogP contribution in [-0.4, -0.2) is 6.71 Å². The number of nitrogens with zero attached hydrogens (tertiary/aromatic N) is 3. The molecular weight excluding hydrogens is 641 g/mol. The molecule has 2 aliphatic heterocycles. The summed E-state index contributed by atoms with van der Waals surface area (Å²) in [6.45, 7) is -0.129. The van der Waals surface area contributed by atoms with E-state index in [0.29, 0.717) is 5.56 Å². The average Bonchev–Trinajstić information content (AvgIpc) is 3.24. The van der Waals surface area contributed by atoms with E-state index in [4.69, 9.17) is 0 Å². The van der Waals surface area contributed by atoms with Gasteiger partial charge in [0.1, 0.15) is 6.07 Å². The molecule has 2 aliphatic rings. The van der Waals surface area contributed by atoms with Gasteiger partial charge in [0, 0.05) is 28.3 Å². The van der Waals surface area contributed by atoms with E-state index in [1.165, 1.54) is 16.5 Å². The Morgan fingerprint density at radius 2 is 0.811 bits per heavy atom. The highest BCUT2D eigenvalue weighted by Crippen LogP contribution is 2.49. The molecule has 4 heteroatoms. The third-order valence-corrected chi connectivity index (χ3v) is 10.7. The molecule has 0 radical (unpaired) electrons. The van der Waals surface area contributed by atoms with Gasteiger partial charge in [-0.2, -0.15) is 5.26 Å². The molecule has 0 bridgehead atoms. The van der Waals surface area contributed by atoms with Gasteiger partial charge in [0.2, 0.25) is 0 Å². The molecule has 0 spiro atoms. The van der Waals surface area contributed by atoms with Crippen LogP contribution in [0.2, 0.25) is 0 Å². The fraction of sp³-hybridized carbons (Fsp3) is 0. The van der Waals surface area contributed by atoms with Crippen molar-refractivity contribution in [3.05, 3.63) is 200 Å². The van der Waals surface area contributed by atoms with Crippen molar-refractivity contribution >= 4 is 57.2 Å². The summed E-state index contributed by atoms with van der Waals surface area (Å²) in [6, 6.07) is 71.5. The molecule has 0 aromatic heterocycles. The molecule has 0 atom stereocenters. The first kappa shape index (κ1) is 30.7. The Morgan fingerprint density at radius 3 is 1.26 bits per heavy atom. The Kier molecular flexibility index (Phi) is 7.30. The van der Waals surface area contributed by atoms with E-state index >= 15 is 0 Å². The molecule has 53 heavy (non-hydrogen) atoms. The van der Waals surface area contributed by atoms with Crippen LogP contribution >= 0.6 is 0 Å². The Labute approximate surface area is 310 Å². The Bertz CT molecular complexity index is 2660. The summed E-state index contributed by atoms with van der Waals surface area (Å²) in [7, 11) is 0. The highest BCUT2D eigenvalue weighted by molar-refractivity contribution is 7.00. The number of fused-ring (bicyclic) bond motifs is 4. The van der Waals surface area contributed by atoms with E-state index in [1.54, 1.807) is 0 Å². The Hall–Kier alpha value is -7.09. The van der Waals surface area contributed by atoms with Crippen molar-refractivity contribution in [3.8, 4) is 39.4 Å². The predicted octanol–water partition coefficient (Wildman–Crippen LogP) is 10.6. The largest absolute Gasteiger partial charge is 0.311 e. The first-order valence-electron chi connectivity index (χ1n) is 18.0. The third kappa shape index (κ3) is 4.98. The lowest BCUT2D eigenvalue weighted by atomic mass is 9.33. The molecule has 0 saturated carbocycles. The summed E-state index contributed by atoms with van der Waals surface area (Å²) in [6.07, 6.45) is 0. The van der Waals surface area contributed by atoms with Gasteiger partial charge < -0.3 is 9.80 Å². The molecule has 0 amide bonds. The average molecular weight is 674 g/mol. The lowest BCUT2D eigenvalue weighted by Crippen LogP contribution is -2.61. The van der Waals surface area contributed by atoms with Crippen LogP contribution in [0.1, 0.15) is 5.56 Å². The normalized spacial score (nSPS) is 12.4. The second kappa shape index (κ2) is 12.6. The zero-order chi connectivity index (χ0) is 35.3. The van der Waals surface area contributed by atoms with Gasteiger partial charge in [-0.25, -0.2) is 0 Å². The summed E-state index contributed by atoms with van der Waals surface area (Å²) in [4.78, 5) is 4.77. The first-order chi connectivity index (χ1) is 26.3. The number of rotatable bonds is 5. The fourth-order valence-electron chi connectivity index (χ4n) is 8.35. The zero-order valence-corrected chi connectivity index (χ0v) is 28.9. The molecule has 2 heterocycles. The van der Waals surface area contributed by atoms with Crippen LogP contribution in [-0.2, 0) is 0 Å². The summed E-state index contributed by atoms with van der Waals surface area (Å²) < 4.78 is 0. The van der Waals surface area contributed by atoms with E-state index in [-0.39, 0.29) is 6.71 Å². The minimum absolute atomic E-state index is 0.129. The SMILES string of the molecule is N#Cc1cc(-c2ccccc2)c2c3c1N(c1ccccc1)c1cc(-c4ccccc4)ccc1B3c1ccc(-c3ccccc3)cc1N2c1ccccc1. The van der Waals surface area contributed by atoms with E-state index in [9.17, 15) is 5.26 Å². The van der Waals surface area contributed by atoms with Gasteiger partial charge in [-0.15, -0.1) is 0 Å². The summed E-state index contributed by atoms with van der Waals surface area (Å²) in [5.41, 5.74) is 17.2. The number of benzene rings is 8. The van der Waals surface area contributed by atoms with Gasteiger partial charge in [0.15, 0.2) is 0 Å². The fourth-order valence-corrected chi connectivity index (χ4v) is 8.35. The highest BCUT2D eigenvalue weighted by atomic mass is 15.2. The molecule has 0 N–H and O–H groups in total. The van der Waals surface area contributed by atoms with Gasteiger partial charge in [-0.3, -0.25) is 0 Å². The standard InChI is InChI=1S/C49H32BN3/c51-33-39-30-42(36-20-10-3-11-21-36)49-47-48(39)52(40-22-12-4-13-23-40)45-31-37(34-16-6-1-7-17-34)26-28-43(45)50(47)44-29-27-38(35-18-8-2-9-19-35)32-46(44)53(49)41-24-14-5-15-25-41/h1-32H. The summed E-state index contributed by atoms with van der Waals surface area (Å²) >= 11 is 0. The van der Waals surface area contributed by atoms with Gasteiger partial charge in [-0.1, -0.05) is 152 Å². The molecule has 0 aliphatic carbocycles. The molecule has 3 nitrogen and oxygen atoms in total. The lowest BCUT2D eigenvalue weighted by molar-refractivity contribution is 1.24. The van der Waals surface area contributed by atoms with Crippen molar-refractivity contribution in [2.24, 2.45) is 0 Å². The number of nitriles is 1. The molecule has 0 unspecified atom stereocenters. The number of hydrogen-bond donors (Lipinski definition) is 0. The number of para-hydroxylation sites is 2. The summed E-state index contributed by atoms with van der Waals surface area (Å²) in [5.74, 6) is 0. The maximum absolute atomic E-state index is 11.1. The smallest absolute Gasteiger partial charge is 0.252 e. The van der Waals surface area contributed by atoms with Crippen molar-refractivity contribution < 1.29 is 0 Å². The maximum atomic E-state index is 11.1. The third-order valence-electron chi connectivity index (χ3n) is 10.7. The molecule has 0 saturated heterocycles. The van der Waals surface area contributed by atoms with Crippen molar-refractivity contribution in [3.63, 3.8) is 0 Å². The van der Waals surface area contributed by atoms with Gasteiger partial charge >= 0.3 is 0 Å². The molecule has 10 rings (SSSR count). The van der Waals surface area contributed by atoms with E-state index in [1.807, 2.05) is 0 Å². The first-order valence-corrected chi connectivity index (χ1v) is 18.0. The van der Waals surface area contributed by atoms with Crippen molar-refractivity contribution in [2.75, 3.05) is 9.80 Å².